The van der Waals surface area contributed by atoms with Crippen LogP contribution in [-0.4, -0.2) is 32.9 Å². The number of halogens is 2. The average Bonchev–Trinajstić information content (AvgIpc) is 2.32. The second-order valence-electron chi connectivity index (χ2n) is 4.05. The third-order valence-corrected chi connectivity index (χ3v) is 2.89. The first-order valence-electron chi connectivity index (χ1n) is 5.95. The summed E-state index contributed by atoms with van der Waals surface area (Å²) in [6.45, 7) is 4.44. The highest BCUT2D eigenvalue weighted by Crippen LogP contribution is 2.28. The monoisotopic (exact) mass is 291 g/mol. The van der Waals surface area contributed by atoms with Gasteiger partial charge in [-0.25, -0.2) is 0 Å². The zero-order chi connectivity index (χ0) is 13.4. The van der Waals surface area contributed by atoms with Crippen LogP contribution in [0.2, 0.25) is 10.0 Å². The molecule has 1 atom stereocenters. The first-order valence-corrected chi connectivity index (χ1v) is 6.70. The molecule has 1 N–H and O–H groups in total. The van der Waals surface area contributed by atoms with Crippen LogP contribution < -0.4 is 10.1 Å². The van der Waals surface area contributed by atoms with E-state index < -0.39 is 0 Å². The molecule has 1 aromatic rings. The SMILES string of the molecule is COCCCNCC(C)Oc1ccc(Cl)cc1Cl. The minimum atomic E-state index is 0.0474. The number of rotatable bonds is 8. The van der Waals surface area contributed by atoms with Gasteiger partial charge in [0.25, 0.3) is 0 Å². The van der Waals surface area contributed by atoms with Gasteiger partial charge in [-0.15, -0.1) is 0 Å². The van der Waals surface area contributed by atoms with E-state index in [1.165, 1.54) is 0 Å². The van der Waals surface area contributed by atoms with Crippen molar-refractivity contribution in [2.75, 3.05) is 26.8 Å². The van der Waals surface area contributed by atoms with Crippen LogP contribution in [0, 0.1) is 0 Å². The summed E-state index contributed by atoms with van der Waals surface area (Å²) in [6, 6.07) is 5.23. The smallest absolute Gasteiger partial charge is 0.138 e. The third kappa shape index (κ3) is 5.91. The first-order chi connectivity index (χ1) is 8.63. The molecular weight excluding hydrogens is 273 g/mol. The quantitative estimate of drug-likeness (QED) is 0.745. The Labute approximate surface area is 118 Å². The molecule has 1 rings (SSSR count). The van der Waals surface area contributed by atoms with Crippen LogP contribution in [0.5, 0.6) is 5.75 Å². The summed E-state index contributed by atoms with van der Waals surface area (Å²) in [5.74, 6) is 0.659. The summed E-state index contributed by atoms with van der Waals surface area (Å²) in [5, 5.41) is 4.44. The minimum absolute atomic E-state index is 0.0474. The van der Waals surface area contributed by atoms with Crippen molar-refractivity contribution in [2.45, 2.75) is 19.4 Å². The molecule has 0 aliphatic heterocycles. The number of methoxy groups -OCH3 is 1. The van der Waals surface area contributed by atoms with E-state index in [4.69, 9.17) is 32.7 Å². The largest absolute Gasteiger partial charge is 0.488 e. The third-order valence-electron chi connectivity index (χ3n) is 2.36. The Balaban J connectivity index is 2.28. The van der Waals surface area contributed by atoms with Crippen LogP contribution in [0.15, 0.2) is 18.2 Å². The van der Waals surface area contributed by atoms with Gasteiger partial charge in [-0.05, 0) is 38.1 Å². The lowest BCUT2D eigenvalue weighted by atomic mass is 10.3. The summed E-state index contributed by atoms with van der Waals surface area (Å²) < 4.78 is 10.7. The Morgan fingerprint density at radius 1 is 1.33 bits per heavy atom. The van der Waals surface area contributed by atoms with Crippen molar-refractivity contribution >= 4 is 23.2 Å². The molecule has 0 fully saturated rings. The van der Waals surface area contributed by atoms with Crippen molar-refractivity contribution in [3.05, 3.63) is 28.2 Å². The molecule has 0 saturated heterocycles. The molecule has 0 heterocycles. The average molecular weight is 292 g/mol. The first kappa shape index (κ1) is 15.6. The lowest BCUT2D eigenvalue weighted by molar-refractivity contribution is 0.188. The van der Waals surface area contributed by atoms with Gasteiger partial charge in [-0.3, -0.25) is 0 Å². The molecule has 1 unspecified atom stereocenters. The molecule has 18 heavy (non-hydrogen) atoms. The molecule has 3 nitrogen and oxygen atoms in total. The summed E-state index contributed by atoms with van der Waals surface area (Å²) in [5.41, 5.74) is 0. The lowest BCUT2D eigenvalue weighted by Gasteiger charge is -2.16. The summed E-state index contributed by atoms with van der Waals surface area (Å²) in [4.78, 5) is 0. The van der Waals surface area contributed by atoms with E-state index in [0.717, 1.165) is 26.1 Å². The summed E-state index contributed by atoms with van der Waals surface area (Å²) in [7, 11) is 1.70. The van der Waals surface area contributed by atoms with E-state index in [2.05, 4.69) is 5.32 Å². The summed E-state index contributed by atoms with van der Waals surface area (Å²) >= 11 is 11.9. The maximum absolute atomic E-state index is 6.03. The van der Waals surface area contributed by atoms with Crippen LogP contribution in [0.25, 0.3) is 0 Å². The molecule has 0 aliphatic carbocycles. The molecule has 0 radical (unpaired) electrons. The maximum Gasteiger partial charge on any atom is 0.138 e. The van der Waals surface area contributed by atoms with E-state index in [0.29, 0.717) is 15.8 Å². The fourth-order valence-corrected chi connectivity index (χ4v) is 1.93. The number of benzene rings is 1. The molecule has 0 bridgehead atoms. The Hall–Kier alpha value is -0.480. The Morgan fingerprint density at radius 3 is 2.78 bits per heavy atom. The predicted molar refractivity (Wildman–Crippen MR) is 75.9 cm³/mol. The van der Waals surface area contributed by atoms with Crippen molar-refractivity contribution in [2.24, 2.45) is 0 Å². The van der Waals surface area contributed by atoms with Gasteiger partial charge in [-0.1, -0.05) is 23.2 Å². The second kappa shape index (κ2) is 8.59. The van der Waals surface area contributed by atoms with Gasteiger partial charge < -0.3 is 14.8 Å². The van der Waals surface area contributed by atoms with Gasteiger partial charge in [0.1, 0.15) is 11.9 Å². The lowest BCUT2D eigenvalue weighted by Crippen LogP contribution is -2.30. The van der Waals surface area contributed by atoms with Crippen molar-refractivity contribution < 1.29 is 9.47 Å². The number of hydrogen-bond acceptors (Lipinski definition) is 3. The van der Waals surface area contributed by atoms with Crippen molar-refractivity contribution in [3.8, 4) is 5.75 Å². The molecule has 5 heteroatoms. The van der Waals surface area contributed by atoms with E-state index >= 15 is 0 Å². The topological polar surface area (TPSA) is 30.5 Å². The molecule has 0 aliphatic rings. The van der Waals surface area contributed by atoms with Crippen LogP contribution in [0.4, 0.5) is 0 Å². The second-order valence-corrected chi connectivity index (χ2v) is 4.90. The molecular formula is C13H19Cl2NO2. The standard InChI is InChI=1S/C13H19Cl2NO2/c1-10(9-16-6-3-7-17-2)18-13-5-4-11(14)8-12(13)15/h4-5,8,10,16H,3,6-7,9H2,1-2H3. The highest BCUT2D eigenvalue weighted by Gasteiger charge is 2.07. The fourth-order valence-electron chi connectivity index (χ4n) is 1.48. The molecule has 102 valence electrons. The van der Waals surface area contributed by atoms with E-state index in [1.54, 1.807) is 25.3 Å². The van der Waals surface area contributed by atoms with Gasteiger partial charge in [0.15, 0.2) is 0 Å². The number of hydrogen-bond donors (Lipinski definition) is 1. The van der Waals surface area contributed by atoms with Gasteiger partial charge in [0.05, 0.1) is 5.02 Å². The van der Waals surface area contributed by atoms with Gasteiger partial charge in [0.2, 0.25) is 0 Å². The van der Waals surface area contributed by atoms with E-state index in [1.807, 2.05) is 6.92 Å². The Bertz CT molecular complexity index is 361. The Morgan fingerprint density at radius 2 is 2.11 bits per heavy atom. The van der Waals surface area contributed by atoms with Crippen LogP contribution in [-0.2, 0) is 4.74 Å². The zero-order valence-electron chi connectivity index (χ0n) is 10.7. The molecule has 0 saturated carbocycles. The van der Waals surface area contributed by atoms with Gasteiger partial charge in [-0.2, -0.15) is 0 Å². The molecule has 1 aromatic carbocycles. The minimum Gasteiger partial charge on any atom is -0.488 e. The number of nitrogens with one attached hydrogen (secondary N) is 1. The van der Waals surface area contributed by atoms with E-state index in [9.17, 15) is 0 Å². The van der Waals surface area contributed by atoms with Crippen molar-refractivity contribution in [3.63, 3.8) is 0 Å². The fraction of sp³-hybridized carbons (Fsp3) is 0.538. The zero-order valence-corrected chi connectivity index (χ0v) is 12.2. The molecule has 0 aromatic heterocycles. The molecule has 0 spiro atoms. The van der Waals surface area contributed by atoms with Crippen LogP contribution in [0.1, 0.15) is 13.3 Å². The molecule has 0 amide bonds. The predicted octanol–water partition coefficient (Wildman–Crippen LogP) is 3.39. The van der Waals surface area contributed by atoms with Crippen molar-refractivity contribution in [1.29, 1.82) is 0 Å². The van der Waals surface area contributed by atoms with Crippen LogP contribution in [0.3, 0.4) is 0 Å². The summed E-state index contributed by atoms with van der Waals surface area (Å²) in [6.07, 6.45) is 1.04. The number of ether oxygens (including phenoxy) is 2. The maximum atomic E-state index is 6.03. The highest BCUT2D eigenvalue weighted by molar-refractivity contribution is 6.35. The van der Waals surface area contributed by atoms with E-state index in [-0.39, 0.29) is 6.10 Å². The highest BCUT2D eigenvalue weighted by atomic mass is 35.5. The van der Waals surface area contributed by atoms with Gasteiger partial charge in [0, 0.05) is 25.3 Å². The Kier molecular flexibility index (Phi) is 7.44. The normalized spacial score (nSPS) is 12.4. The van der Waals surface area contributed by atoms with Gasteiger partial charge >= 0.3 is 0 Å². The van der Waals surface area contributed by atoms with Crippen LogP contribution >= 0.6 is 23.2 Å². The van der Waals surface area contributed by atoms with Crippen molar-refractivity contribution in [1.82, 2.24) is 5.32 Å².